The van der Waals surface area contributed by atoms with Gasteiger partial charge in [-0.05, 0) is 115 Å². The Kier molecular flexibility index (Phi) is 11.4. The van der Waals surface area contributed by atoms with Crippen molar-refractivity contribution >= 4 is 11.9 Å². The number of nitrogens with zero attached hydrogens (tertiary/aromatic N) is 2. The van der Waals surface area contributed by atoms with Gasteiger partial charge in [0.15, 0.2) is 0 Å². The van der Waals surface area contributed by atoms with Gasteiger partial charge < -0.3 is 19.7 Å². The summed E-state index contributed by atoms with van der Waals surface area (Å²) < 4.78 is 11.7. The number of carbonyl (C=O) groups excluding carboxylic acids is 2. The van der Waals surface area contributed by atoms with E-state index in [0.29, 0.717) is 49.9 Å². The second-order valence-electron chi connectivity index (χ2n) is 20.2. The third-order valence-electron chi connectivity index (χ3n) is 11.7. The predicted molar refractivity (Wildman–Crippen MR) is 209 cm³/mol. The molecule has 52 heavy (non-hydrogen) atoms. The number of benzene rings is 2. The summed E-state index contributed by atoms with van der Waals surface area (Å²) >= 11 is 0. The van der Waals surface area contributed by atoms with Crippen molar-refractivity contribution in [1.82, 2.24) is 9.80 Å². The average molecular weight is 721 g/mol. The normalized spacial score (nSPS) is 22.4. The smallest absolute Gasteiger partial charge is 0.338 e. The molecule has 0 bridgehead atoms. The van der Waals surface area contributed by atoms with Gasteiger partial charge in [0.05, 0.1) is 22.3 Å². The minimum Gasteiger partial charge on any atom is -0.461 e. The van der Waals surface area contributed by atoms with E-state index in [2.05, 4.69) is 107 Å². The highest BCUT2D eigenvalue weighted by molar-refractivity contribution is 5.92. The lowest BCUT2D eigenvalue weighted by molar-refractivity contribution is -0.263. The molecule has 2 aromatic rings. The topological polar surface area (TPSA) is 99.5 Å². The van der Waals surface area contributed by atoms with Crippen molar-refractivity contribution in [2.45, 2.75) is 167 Å². The van der Waals surface area contributed by atoms with Crippen molar-refractivity contribution in [2.75, 3.05) is 26.3 Å². The molecule has 2 saturated heterocycles. The number of piperidine rings is 2. The molecule has 8 heteroatoms. The van der Waals surface area contributed by atoms with Gasteiger partial charge in [-0.3, -0.25) is 9.80 Å². The highest BCUT2D eigenvalue weighted by atomic mass is 16.5. The van der Waals surface area contributed by atoms with Crippen molar-refractivity contribution < 1.29 is 29.3 Å². The Hall–Kier alpha value is -2.78. The summed E-state index contributed by atoms with van der Waals surface area (Å²) in [6.07, 6.45) is 1.44. The molecule has 2 N–H and O–H groups in total. The molecular formula is C44H68N2O6. The fraction of sp³-hybridized carbons (Fsp3) is 0.682. The van der Waals surface area contributed by atoms with Crippen LogP contribution in [0.1, 0.15) is 154 Å². The lowest BCUT2D eigenvalue weighted by Gasteiger charge is -2.66. The Labute approximate surface area is 314 Å². The summed E-state index contributed by atoms with van der Waals surface area (Å²) in [7, 11) is 0. The molecule has 0 radical (unpaired) electrons. The average Bonchev–Trinajstić information content (AvgIpc) is 2.97. The Morgan fingerprint density at radius 3 is 1.10 bits per heavy atom. The first-order valence-electron chi connectivity index (χ1n) is 19.1. The first-order valence-corrected chi connectivity index (χ1v) is 19.1. The zero-order chi connectivity index (χ0) is 39.3. The van der Waals surface area contributed by atoms with Gasteiger partial charge in [-0.15, -0.1) is 0 Å². The number of rotatable bonds is 9. The highest BCUT2D eigenvalue weighted by Gasteiger charge is 2.64. The van der Waals surface area contributed by atoms with Crippen molar-refractivity contribution in [3.63, 3.8) is 0 Å². The van der Waals surface area contributed by atoms with Crippen LogP contribution in [0.15, 0.2) is 48.5 Å². The molecule has 2 aliphatic heterocycles. The van der Waals surface area contributed by atoms with E-state index in [1.165, 1.54) is 0 Å². The second-order valence-corrected chi connectivity index (χ2v) is 20.2. The van der Waals surface area contributed by atoms with Gasteiger partial charge in [-0.2, -0.15) is 0 Å². The third-order valence-corrected chi connectivity index (χ3v) is 11.7. The van der Waals surface area contributed by atoms with Crippen LogP contribution in [0.5, 0.6) is 0 Å². The fourth-order valence-electron chi connectivity index (χ4n) is 10.1. The number of esters is 2. The van der Waals surface area contributed by atoms with Gasteiger partial charge in [-0.1, -0.05) is 77.9 Å². The fourth-order valence-corrected chi connectivity index (χ4v) is 10.1. The van der Waals surface area contributed by atoms with Crippen LogP contribution < -0.4 is 0 Å². The van der Waals surface area contributed by atoms with E-state index in [1.54, 1.807) is 0 Å². The Morgan fingerprint density at radius 2 is 0.827 bits per heavy atom. The molecule has 8 nitrogen and oxygen atoms in total. The summed E-state index contributed by atoms with van der Waals surface area (Å²) in [5.41, 5.74) is -2.08. The SMILES string of the molecule is CC(C)(C)c1ccccc1C(=O)OCCN1C(C)(C)CC(O)(C2(O)CC(C)(C)N(CCOC(=O)c3ccccc3C(C)(C)C)C(C)(C)C2)CC1(C)C. The van der Waals surface area contributed by atoms with Crippen molar-refractivity contribution in [3.05, 3.63) is 70.8 Å². The van der Waals surface area contributed by atoms with Crippen LogP contribution in [-0.4, -0.2) is 91.6 Å². The summed E-state index contributed by atoms with van der Waals surface area (Å²) in [4.78, 5) is 31.1. The maximum atomic E-state index is 13.2. The van der Waals surface area contributed by atoms with E-state index >= 15 is 0 Å². The number of hydrogen-bond donors (Lipinski definition) is 2. The summed E-state index contributed by atoms with van der Waals surface area (Å²) in [6, 6.07) is 15.2. The van der Waals surface area contributed by atoms with Crippen LogP contribution in [-0.2, 0) is 20.3 Å². The molecule has 2 aromatic carbocycles. The lowest BCUT2D eigenvalue weighted by Crippen LogP contribution is -2.76. The predicted octanol–water partition coefficient (Wildman–Crippen LogP) is 8.06. The van der Waals surface area contributed by atoms with Crippen LogP contribution in [0, 0.1) is 0 Å². The Balaban J connectivity index is 1.45. The maximum Gasteiger partial charge on any atom is 0.338 e. The second kappa shape index (κ2) is 14.1. The van der Waals surface area contributed by atoms with Gasteiger partial charge in [0, 0.05) is 35.2 Å². The molecule has 0 atom stereocenters. The van der Waals surface area contributed by atoms with Gasteiger partial charge in [-0.25, -0.2) is 9.59 Å². The van der Waals surface area contributed by atoms with Crippen molar-refractivity contribution in [2.24, 2.45) is 0 Å². The lowest BCUT2D eigenvalue weighted by atomic mass is 9.57. The van der Waals surface area contributed by atoms with Gasteiger partial charge in [0.1, 0.15) is 13.2 Å². The minimum absolute atomic E-state index is 0.192. The zero-order valence-electron chi connectivity index (χ0n) is 34.7. The number of ether oxygens (including phenoxy) is 2. The van der Waals surface area contributed by atoms with Crippen LogP contribution in [0.3, 0.4) is 0 Å². The van der Waals surface area contributed by atoms with Crippen molar-refractivity contribution in [3.8, 4) is 0 Å². The summed E-state index contributed by atoms with van der Waals surface area (Å²) in [5.74, 6) is -0.658. The van der Waals surface area contributed by atoms with Crippen molar-refractivity contribution in [1.29, 1.82) is 0 Å². The molecule has 2 fully saturated rings. The van der Waals surface area contributed by atoms with E-state index < -0.39 is 33.4 Å². The molecule has 2 aliphatic rings. The van der Waals surface area contributed by atoms with Crippen LogP contribution >= 0.6 is 0 Å². The van der Waals surface area contributed by atoms with E-state index in [1.807, 2.05) is 48.5 Å². The third kappa shape index (κ3) is 8.61. The van der Waals surface area contributed by atoms with E-state index in [9.17, 15) is 19.8 Å². The summed E-state index contributed by atoms with van der Waals surface area (Å²) in [6.45, 7) is 30.8. The minimum atomic E-state index is -1.37. The Bertz CT molecular complexity index is 1450. The van der Waals surface area contributed by atoms with Crippen LogP contribution in [0.2, 0.25) is 0 Å². The first kappa shape index (κ1) is 42.0. The molecule has 2 heterocycles. The van der Waals surface area contributed by atoms with Crippen LogP contribution in [0.25, 0.3) is 0 Å². The zero-order valence-corrected chi connectivity index (χ0v) is 34.7. The molecule has 0 unspecified atom stereocenters. The molecule has 290 valence electrons. The molecule has 0 saturated carbocycles. The van der Waals surface area contributed by atoms with Gasteiger partial charge in [0.25, 0.3) is 0 Å². The Morgan fingerprint density at radius 1 is 0.558 bits per heavy atom. The number of likely N-dealkylation sites (tertiary alicyclic amines) is 2. The molecular weight excluding hydrogens is 652 g/mol. The monoisotopic (exact) mass is 721 g/mol. The standard InChI is InChI=1S/C44H68N2O6/c1-37(2,3)33-21-17-15-19-31(33)35(47)51-25-23-45-39(7,8)27-43(49,28-40(45,9)10)44(50)29-41(11,12)46(42(13,14)30-44)24-26-52-36(48)32-20-16-18-22-34(32)38(4,5)6/h15-22,49-50H,23-30H2,1-14H3. The van der Waals surface area contributed by atoms with Gasteiger partial charge >= 0.3 is 11.9 Å². The van der Waals surface area contributed by atoms with Gasteiger partial charge in [0.2, 0.25) is 0 Å². The van der Waals surface area contributed by atoms with E-state index in [-0.39, 0.29) is 36.0 Å². The van der Waals surface area contributed by atoms with E-state index in [0.717, 1.165) is 11.1 Å². The molecule has 0 amide bonds. The number of aliphatic hydroxyl groups is 2. The molecule has 0 aliphatic carbocycles. The maximum absolute atomic E-state index is 13.2. The number of carbonyl (C=O) groups is 2. The largest absolute Gasteiger partial charge is 0.461 e. The molecule has 0 spiro atoms. The van der Waals surface area contributed by atoms with E-state index in [4.69, 9.17) is 9.47 Å². The number of hydrogen-bond acceptors (Lipinski definition) is 8. The molecule has 4 rings (SSSR count). The molecule has 0 aromatic heterocycles. The highest BCUT2D eigenvalue weighted by Crippen LogP contribution is 2.55. The summed E-state index contributed by atoms with van der Waals surface area (Å²) in [5, 5.41) is 25.4. The quantitative estimate of drug-likeness (QED) is 0.251. The first-order chi connectivity index (χ1) is 23.6. The van der Waals surface area contributed by atoms with Crippen LogP contribution in [0.4, 0.5) is 0 Å².